The van der Waals surface area contributed by atoms with Crippen molar-refractivity contribution in [3.63, 3.8) is 0 Å². The number of likely N-dealkylation sites (tertiary alicyclic amines) is 1. The van der Waals surface area contributed by atoms with Crippen LogP contribution in [0.4, 0.5) is 0 Å². The van der Waals surface area contributed by atoms with E-state index in [0.717, 1.165) is 68.8 Å². The van der Waals surface area contributed by atoms with E-state index in [-0.39, 0.29) is 24.6 Å². The summed E-state index contributed by atoms with van der Waals surface area (Å²) >= 11 is 0. The highest BCUT2D eigenvalue weighted by molar-refractivity contribution is 5.55. The van der Waals surface area contributed by atoms with Gasteiger partial charge in [0.2, 0.25) is 12.5 Å². The zero-order chi connectivity index (χ0) is 18.1. The number of benzene rings is 1. The first kappa shape index (κ1) is 17.9. The summed E-state index contributed by atoms with van der Waals surface area (Å²) in [7, 11) is 1.65. The highest BCUT2D eigenvalue weighted by Crippen LogP contribution is 2.43. The molecular formula is C20H29NO5. The van der Waals surface area contributed by atoms with Gasteiger partial charge in [0, 0.05) is 26.1 Å². The molecule has 0 unspecified atom stereocenters. The molecule has 26 heavy (non-hydrogen) atoms. The Morgan fingerprint density at radius 3 is 2.81 bits per heavy atom. The number of rotatable bonds is 4. The van der Waals surface area contributed by atoms with Crippen LogP contribution in [0.25, 0.3) is 0 Å². The van der Waals surface area contributed by atoms with Crippen LogP contribution in [0.5, 0.6) is 17.2 Å². The van der Waals surface area contributed by atoms with Crippen LogP contribution >= 0.6 is 0 Å². The Balaban J connectivity index is 1.40. The van der Waals surface area contributed by atoms with Crippen LogP contribution in [0.15, 0.2) is 12.1 Å². The normalized spacial score (nSPS) is 27.7. The van der Waals surface area contributed by atoms with Gasteiger partial charge in [-0.3, -0.25) is 4.90 Å². The summed E-state index contributed by atoms with van der Waals surface area (Å²) in [6, 6.07) is 4.08. The summed E-state index contributed by atoms with van der Waals surface area (Å²) in [6.07, 6.45) is 4.44. The third kappa shape index (κ3) is 3.50. The van der Waals surface area contributed by atoms with Crippen molar-refractivity contribution in [1.82, 2.24) is 4.90 Å². The minimum Gasteiger partial charge on any atom is -0.493 e. The molecule has 1 aromatic rings. The molecule has 4 rings (SSSR count). The Morgan fingerprint density at radius 1 is 1.27 bits per heavy atom. The van der Waals surface area contributed by atoms with Crippen LogP contribution in [0, 0.1) is 0 Å². The number of nitrogens with zero attached hydrogens (tertiary/aromatic N) is 1. The average Bonchev–Trinajstić information content (AvgIpc) is 3.11. The van der Waals surface area contributed by atoms with E-state index in [4.69, 9.17) is 18.9 Å². The van der Waals surface area contributed by atoms with Crippen LogP contribution in [0.2, 0.25) is 0 Å². The lowest BCUT2D eigenvalue weighted by atomic mass is 9.81. The predicted octanol–water partition coefficient (Wildman–Crippen LogP) is 2.71. The molecule has 0 aromatic heterocycles. The third-order valence-corrected chi connectivity index (χ3v) is 5.91. The Kier molecular flexibility index (Phi) is 4.99. The lowest BCUT2D eigenvalue weighted by Crippen LogP contribution is -2.52. The second-order valence-corrected chi connectivity index (χ2v) is 7.73. The Morgan fingerprint density at radius 2 is 2.08 bits per heavy atom. The monoisotopic (exact) mass is 363 g/mol. The zero-order valence-corrected chi connectivity index (χ0v) is 15.7. The van der Waals surface area contributed by atoms with Gasteiger partial charge < -0.3 is 24.1 Å². The number of aliphatic hydroxyl groups is 1. The maximum absolute atomic E-state index is 10.2. The van der Waals surface area contributed by atoms with Crippen molar-refractivity contribution in [3.05, 3.63) is 17.7 Å². The molecule has 144 valence electrons. The molecular weight excluding hydrogens is 334 g/mol. The van der Waals surface area contributed by atoms with E-state index in [2.05, 4.69) is 11.8 Å². The molecule has 0 saturated carbocycles. The summed E-state index contributed by atoms with van der Waals surface area (Å²) < 4.78 is 22.8. The molecule has 3 aliphatic rings. The van der Waals surface area contributed by atoms with Crippen molar-refractivity contribution in [2.24, 2.45) is 0 Å². The van der Waals surface area contributed by atoms with Gasteiger partial charge in [0.1, 0.15) is 0 Å². The van der Waals surface area contributed by atoms with Crippen LogP contribution in [0.3, 0.4) is 0 Å². The minimum atomic E-state index is -0.224. The maximum Gasteiger partial charge on any atom is 0.231 e. The number of piperidine rings is 1. The molecule has 3 aliphatic heterocycles. The number of hydrogen-bond donors (Lipinski definition) is 1. The molecule has 1 aromatic carbocycles. The standard InChI is InChI=1S/C20H29NO5/c1-3-16-10-15(22)11-20(26-16)4-6-21(7-5-20)12-14-8-17(23-2)19-18(9-14)24-13-25-19/h8-9,15-16,22H,3-7,10-13H2,1-2H3/t15-,16+/m1/s1. The van der Waals surface area contributed by atoms with Gasteiger partial charge in [-0.05, 0) is 43.4 Å². The van der Waals surface area contributed by atoms with E-state index in [1.54, 1.807) is 7.11 Å². The highest BCUT2D eigenvalue weighted by Gasteiger charge is 2.42. The second-order valence-electron chi connectivity index (χ2n) is 7.73. The Hall–Kier alpha value is -1.50. The fraction of sp³-hybridized carbons (Fsp3) is 0.700. The first-order valence-corrected chi connectivity index (χ1v) is 9.65. The minimum absolute atomic E-state index is 0.137. The Labute approximate surface area is 155 Å². The van der Waals surface area contributed by atoms with Gasteiger partial charge >= 0.3 is 0 Å². The van der Waals surface area contributed by atoms with E-state index in [1.807, 2.05) is 12.1 Å². The van der Waals surface area contributed by atoms with Crippen molar-refractivity contribution in [2.45, 2.75) is 63.4 Å². The van der Waals surface area contributed by atoms with Gasteiger partial charge in [0.05, 0.1) is 24.9 Å². The van der Waals surface area contributed by atoms with Crippen LogP contribution in [0.1, 0.15) is 44.6 Å². The van der Waals surface area contributed by atoms with Crippen LogP contribution in [-0.2, 0) is 11.3 Å². The van der Waals surface area contributed by atoms with Crippen molar-refractivity contribution in [3.8, 4) is 17.2 Å². The van der Waals surface area contributed by atoms with Crippen molar-refractivity contribution in [1.29, 1.82) is 0 Å². The smallest absolute Gasteiger partial charge is 0.231 e. The van der Waals surface area contributed by atoms with Crippen molar-refractivity contribution >= 4 is 0 Å². The number of ether oxygens (including phenoxy) is 4. The summed E-state index contributed by atoms with van der Waals surface area (Å²) in [4.78, 5) is 2.44. The predicted molar refractivity (Wildman–Crippen MR) is 96.8 cm³/mol. The first-order chi connectivity index (χ1) is 12.6. The fourth-order valence-electron chi connectivity index (χ4n) is 4.49. The molecule has 6 heteroatoms. The molecule has 2 atom stereocenters. The van der Waals surface area contributed by atoms with E-state index >= 15 is 0 Å². The van der Waals surface area contributed by atoms with E-state index in [0.29, 0.717) is 5.75 Å². The zero-order valence-electron chi connectivity index (χ0n) is 15.7. The van der Waals surface area contributed by atoms with Gasteiger partial charge in [0.15, 0.2) is 11.5 Å². The number of fused-ring (bicyclic) bond motifs is 1. The van der Waals surface area contributed by atoms with E-state index in [1.165, 1.54) is 0 Å². The molecule has 0 aliphatic carbocycles. The van der Waals surface area contributed by atoms with Crippen LogP contribution < -0.4 is 14.2 Å². The summed E-state index contributed by atoms with van der Waals surface area (Å²) in [5.41, 5.74) is 1.03. The number of hydrogen-bond acceptors (Lipinski definition) is 6. The molecule has 0 amide bonds. The first-order valence-electron chi connectivity index (χ1n) is 9.65. The summed E-state index contributed by atoms with van der Waals surface area (Å²) in [5, 5.41) is 10.2. The third-order valence-electron chi connectivity index (χ3n) is 5.91. The van der Waals surface area contributed by atoms with Gasteiger partial charge in [0.25, 0.3) is 0 Å². The summed E-state index contributed by atoms with van der Waals surface area (Å²) in [6.45, 7) is 5.18. The Bertz CT molecular complexity index is 641. The highest BCUT2D eigenvalue weighted by atomic mass is 16.7. The van der Waals surface area contributed by atoms with Gasteiger partial charge in [-0.15, -0.1) is 0 Å². The van der Waals surface area contributed by atoms with E-state index in [9.17, 15) is 5.11 Å². The molecule has 2 saturated heterocycles. The van der Waals surface area contributed by atoms with Gasteiger partial charge in [-0.25, -0.2) is 0 Å². The topological polar surface area (TPSA) is 60.4 Å². The molecule has 2 fully saturated rings. The van der Waals surface area contributed by atoms with Crippen molar-refractivity contribution in [2.75, 3.05) is 27.0 Å². The quantitative estimate of drug-likeness (QED) is 0.888. The number of aliphatic hydroxyl groups excluding tert-OH is 1. The van der Waals surface area contributed by atoms with Crippen molar-refractivity contribution < 1.29 is 24.1 Å². The average molecular weight is 363 g/mol. The van der Waals surface area contributed by atoms with Crippen LogP contribution in [-0.4, -0.2) is 54.8 Å². The second kappa shape index (κ2) is 7.25. The summed E-state index contributed by atoms with van der Waals surface area (Å²) in [5.74, 6) is 2.19. The van der Waals surface area contributed by atoms with Gasteiger partial charge in [-0.1, -0.05) is 6.92 Å². The molecule has 0 radical (unpaired) electrons. The molecule has 0 bridgehead atoms. The maximum atomic E-state index is 10.2. The molecule has 3 heterocycles. The lowest BCUT2D eigenvalue weighted by molar-refractivity contribution is -0.182. The molecule has 1 spiro atoms. The van der Waals surface area contributed by atoms with Gasteiger partial charge in [-0.2, -0.15) is 0 Å². The van der Waals surface area contributed by atoms with E-state index < -0.39 is 0 Å². The molecule has 6 nitrogen and oxygen atoms in total. The largest absolute Gasteiger partial charge is 0.493 e. The lowest BCUT2D eigenvalue weighted by Gasteiger charge is -2.48. The molecule has 1 N–H and O–H groups in total. The fourth-order valence-corrected chi connectivity index (χ4v) is 4.49. The SMILES string of the molecule is CC[C@H]1C[C@@H](O)CC2(CCN(Cc3cc(OC)c4c(c3)OCO4)CC2)O1. The number of methoxy groups -OCH3 is 1.